The number of rotatable bonds is 9. The highest BCUT2D eigenvalue weighted by atomic mass is 32.2. The molecule has 1 amide bonds. The predicted octanol–water partition coefficient (Wildman–Crippen LogP) is 2.39. The molecule has 7 nitrogen and oxygen atoms in total. The van der Waals surface area contributed by atoms with Gasteiger partial charge >= 0.3 is 5.97 Å². The second-order valence-electron chi connectivity index (χ2n) is 5.79. The van der Waals surface area contributed by atoms with Gasteiger partial charge in [0.1, 0.15) is 6.04 Å². The SMILES string of the molecule is COC(=O)[C@H](CCSC)NC(=O)CCc1nnc(-c2ccc(C)cc2)o1. The van der Waals surface area contributed by atoms with E-state index < -0.39 is 12.0 Å². The van der Waals surface area contributed by atoms with Gasteiger partial charge in [-0.15, -0.1) is 10.2 Å². The van der Waals surface area contributed by atoms with Gasteiger partial charge in [-0.2, -0.15) is 11.8 Å². The lowest BCUT2D eigenvalue weighted by atomic mass is 10.1. The first kappa shape index (κ1) is 20.0. The molecule has 0 bridgehead atoms. The Bertz CT molecular complexity index is 730. The fourth-order valence-electron chi connectivity index (χ4n) is 2.28. The van der Waals surface area contributed by atoms with E-state index in [2.05, 4.69) is 15.5 Å². The van der Waals surface area contributed by atoms with E-state index in [-0.39, 0.29) is 12.3 Å². The van der Waals surface area contributed by atoms with Crippen molar-refractivity contribution in [3.8, 4) is 11.5 Å². The van der Waals surface area contributed by atoms with Crippen molar-refractivity contribution in [1.82, 2.24) is 15.5 Å². The Kier molecular flexibility index (Phi) is 7.65. The molecule has 0 aliphatic carbocycles. The van der Waals surface area contributed by atoms with Crippen LogP contribution in [0.2, 0.25) is 0 Å². The molecule has 0 saturated carbocycles. The van der Waals surface area contributed by atoms with Crippen molar-refractivity contribution in [2.24, 2.45) is 0 Å². The molecule has 0 radical (unpaired) electrons. The highest BCUT2D eigenvalue weighted by molar-refractivity contribution is 7.98. The Labute approximate surface area is 156 Å². The third-order valence-electron chi connectivity index (χ3n) is 3.76. The van der Waals surface area contributed by atoms with E-state index in [1.165, 1.54) is 7.11 Å². The molecule has 8 heteroatoms. The van der Waals surface area contributed by atoms with Crippen LogP contribution < -0.4 is 5.32 Å². The summed E-state index contributed by atoms with van der Waals surface area (Å²) in [5, 5.41) is 10.7. The van der Waals surface area contributed by atoms with Crippen LogP contribution in [0.4, 0.5) is 0 Å². The van der Waals surface area contributed by atoms with Gasteiger partial charge in [0, 0.05) is 18.4 Å². The molecular formula is C18H23N3O4S. The maximum atomic E-state index is 12.1. The molecule has 1 aromatic heterocycles. The molecule has 0 spiro atoms. The molecule has 0 aliphatic heterocycles. The lowest BCUT2D eigenvalue weighted by Gasteiger charge is -2.15. The molecule has 0 saturated heterocycles. The Morgan fingerprint density at radius 3 is 2.65 bits per heavy atom. The van der Waals surface area contributed by atoms with Gasteiger partial charge in [0.15, 0.2) is 0 Å². The van der Waals surface area contributed by atoms with Crippen LogP contribution in [0, 0.1) is 6.92 Å². The molecule has 1 aromatic carbocycles. The molecule has 1 heterocycles. The fraction of sp³-hybridized carbons (Fsp3) is 0.444. The van der Waals surface area contributed by atoms with Crippen LogP contribution in [0.25, 0.3) is 11.5 Å². The first-order valence-electron chi connectivity index (χ1n) is 8.29. The largest absolute Gasteiger partial charge is 0.467 e. The summed E-state index contributed by atoms with van der Waals surface area (Å²) in [5.41, 5.74) is 1.98. The normalized spacial score (nSPS) is 11.8. The quantitative estimate of drug-likeness (QED) is 0.671. The fourth-order valence-corrected chi connectivity index (χ4v) is 2.75. The molecule has 2 rings (SSSR count). The molecule has 0 unspecified atom stereocenters. The highest BCUT2D eigenvalue weighted by Crippen LogP contribution is 2.18. The summed E-state index contributed by atoms with van der Waals surface area (Å²) in [7, 11) is 1.31. The number of carbonyl (C=O) groups excluding carboxylic acids is 2. The van der Waals surface area contributed by atoms with Gasteiger partial charge < -0.3 is 14.5 Å². The molecule has 1 atom stereocenters. The van der Waals surface area contributed by atoms with Gasteiger partial charge in [0.2, 0.25) is 17.7 Å². The van der Waals surface area contributed by atoms with E-state index in [1.807, 2.05) is 37.4 Å². The van der Waals surface area contributed by atoms with Crippen molar-refractivity contribution >= 4 is 23.6 Å². The maximum Gasteiger partial charge on any atom is 0.328 e. The Balaban J connectivity index is 1.88. The maximum absolute atomic E-state index is 12.1. The van der Waals surface area contributed by atoms with Crippen molar-refractivity contribution in [3.63, 3.8) is 0 Å². The van der Waals surface area contributed by atoms with Gasteiger partial charge in [0.25, 0.3) is 0 Å². The van der Waals surface area contributed by atoms with E-state index in [0.717, 1.165) is 16.9 Å². The van der Waals surface area contributed by atoms with E-state index in [0.29, 0.717) is 24.6 Å². The van der Waals surface area contributed by atoms with Crippen LogP contribution in [0.1, 0.15) is 24.3 Å². The second kappa shape index (κ2) is 9.96. The number of hydrogen-bond donors (Lipinski definition) is 1. The zero-order valence-electron chi connectivity index (χ0n) is 15.2. The summed E-state index contributed by atoms with van der Waals surface area (Å²) in [6.07, 6.45) is 2.93. The zero-order chi connectivity index (χ0) is 18.9. The third-order valence-corrected chi connectivity index (χ3v) is 4.41. The standard InChI is InChI=1S/C18H23N3O4S/c1-12-4-6-13(7-5-12)17-21-20-16(25-17)9-8-15(22)19-14(10-11-26-3)18(23)24-2/h4-7,14H,8-11H2,1-3H3,(H,19,22)/t14-/m0/s1. The van der Waals surface area contributed by atoms with Crippen LogP contribution in [0.3, 0.4) is 0 Å². The Morgan fingerprint density at radius 2 is 2.00 bits per heavy atom. The summed E-state index contributed by atoms with van der Waals surface area (Å²) >= 11 is 1.60. The predicted molar refractivity (Wildman–Crippen MR) is 99.7 cm³/mol. The van der Waals surface area contributed by atoms with Gasteiger partial charge in [-0.1, -0.05) is 17.7 Å². The van der Waals surface area contributed by atoms with Gasteiger partial charge in [-0.25, -0.2) is 4.79 Å². The summed E-state index contributed by atoms with van der Waals surface area (Å²) in [6.45, 7) is 2.00. The lowest BCUT2D eigenvalue weighted by Crippen LogP contribution is -2.42. The topological polar surface area (TPSA) is 94.3 Å². The molecule has 1 N–H and O–H groups in total. The molecule has 0 fully saturated rings. The molecule has 140 valence electrons. The number of thioether (sulfide) groups is 1. The van der Waals surface area contributed by atoms with Crippen molar-refractivity contribution in [2.45, 2.75) is 32.2 Å². The zero-order valence-corrected chi connectivity index (χ0v) is 16.0. The number of esters is 1. The highest BCUT2D eigenvalue weighted by Gasteiger charge is 2.21. The number of benzene rings is 1. The minimum absolute atomic E-state index is 0.155. The number of methoxy groups -OCH3 is 1. The summed E-state index contributed by atoms with van der Waals surface area (Å²) < 4.78 is 10.3. The van der Waals surface area contributed by atoms with E-state index >= 15 is 0 Å². The number of nitrogens with one attached hydrogen (secondary N) is 1. The molecule has 26 heavy (non-hydrogen) atoms. The minimum Gasteiger partial charge on any atom is -0.467 e. The van der Waals surface area contributed by atoms with Crippen molar-refractivity contribution < 1.29 is 18.7 Å². The van der Waals surface area contributed by atoms with Crippen molar-refractivity contribution in [3.05, 3.63) is 35.7 Å². The van der Waals surface area contributed by atoms with E-state index in [1.54, 1.807) is 11.8 Å². The molecular weight excluding hydrogens is 354 g/mol. The summed E-state index contributed by atoms with van der Waals surface area (Å²) in [6, 6.07) is 7.12. The second-order valence-corrected chi connectivity index (χ2v) is 6.78. The van der Waals surface area contributed by atoms with Crippen LogP contribution >= 0.6 is 11.8 Å². The van der Waals surface area contributed by atoms with Gasteiger partial charge in [-0.3, -0.25) is 4.79 Å². The average molecular weight is 377 g/mol. The summed E-state index contributed by atoms with van der Waals surface area (Å²) in [5.74, 6) is 0.870. The van der Waals surface area contributed by atoms with Gasteiger partial charge in [-0.05, 0) is 37.5 Å². The van der Waals surface area contributed by atoms with Crippen molar-refractivity contribution in [2.75, 3.05) is 19.1 Å². The smallest absolute Gasteiger partial charge is 0.328 e. The number of amides is 1. The first-order valence-corrected chi connectivity index (χ1v) is 9.68. The number of aryl methyl sites for hydroxylation is 2. The number of nitrogens with zero attached hydrogens (tertiary/aromatic N) is 2. The Morgan fingerprint density at radius 1 is 1.27 bits per heavy atom. The van der Waals surface area contributed by atoms with Crippen LogP contribution in [-0.2, 0) is 20.7 Å². The first-order chi connectivity index (χ1) is 12.5. The van der Waals surface area contributed by atoms with Gasteiger partial charge in [0.05, 0.1) is 7.11 Å². The lowest BCUT2D eigenvalue weighted by molar-refractivity contribution is -0.145. The van der Waals surface area contributed by atoms with Crippen LogP contribution in [-0.4, -0.2) is 47.2 Å². The summed E-state index contributed by atoms with van der Waals surface area (Å²) in [4.78, 5) is 23.8. The van der Waals surface area contributed by atoms with Crippen LogP contribution in [0.5, 0.6) is 0 Å². The number of carbonyl (C=O) groups is 2. The molecule has 2 aromatic rings. The van der Waals surface area contributed by atoms with Crippen molar-refractivity contribution in [1.29, 1.82) is 0 Å². The third kappa shape index (κ3) is 5.87. The Hall–Kier alpha value is -2.35. The van der Waals surface area contributed by atoms with Crippen LogP contribution in [0.15, 0.2) is 28.7 Å². The number of ether oxygens (including phenoxy) is 1. The monoisotopic (exact) mass is 377 g/mol. The number of hydrogen-bond acceptors (Lipinski definition) is 7. The average Bonchev–Trinajstić information content (AvgIpc) is 3.12. The number of aromatic nitrogens is 2. The van der Waals surface area contributed by atoms with E-state index in [4.69, 9.17) is 9.15 Å². The minimum atomic E-state index is -0.634. The van der Waals surface area contributed by atoms with E-state index in [9.17, 15) is 9.59 Å². The molecule has 0 aliphatic rings.